The van der Waals surface area contributed by atoms with E-state index in [0.717, 1.165) is 18.5 Å². The molecule has 2 heteroatoms. The Morgan fingerprint density at radius 1 is 1.56 bits per heavy atom. The third-order valence-electron chi connectivity index (χ3n) is 2.19. The van der Waals surface area contributed by atoms with Crippen molar-refractivity contribution in [3.8, 4) is 0 Å². The molecule has 0 aromatic carbocycles. The smallest absolute Gasteiger partial charge is 0.0544 e. The SMILES string of the molecule is CCC1(CCBr)COC1. The molecule has 1 fully saturated rings. The first kappa shape index (κ1) is 7.55. The van der Waals surface area contributed by atoms with Crippen molar-refractivity contribution in [3.63, 3.8) is 0 Å². The van der Waals surface area contributed by atoms with Gasteiger partial charge in [0.05, 0.1) is 13.2 Å². The molecule has 0 aromatic rings. The Morgan fingerprint density at radius 3 is 2.33 bits per heavy atom. The second-order valence-corrected chi connectivity index (χ2v) is 3.58. The van der Waals surface area contributed by atoms with Gasteiger partial charge in [-0.05, 0) is 12.8 Å². The summed E-state index contributed by atoms with van der Waals surface area (Å²) in [6, 6.07) is 0. The minimum atomic E-state index is 0.545. The molecule has 0 spiro atoms. The molecular weight excluding hydrogens is 180 g/mol. The monoisotopic (exact) mass is 192 g/mol. The average molecular weight is 193 g/mol. The van der Waals surface area contributed by atoms with Crippen molar-refractivity contribution in [1.82, 2.24) is 0 Å². The maximum Gasteiger partial charge on any atom is 0.0544 e. The first-order chi connectivity index (χ1) is 4.33. The Balaban J connectivity index is 2.28. The van der Waals surface area contributed by atoms with Crippen LogP contribution in [-0.2, 0) is 4.74 Å². The van der Waals surface area contributed by atoms with Gasteiger partial charge in [0.25, 0.3) is 0 Å². The third kappa shape index (κ3) is 1.47. The van der Waals surface area contributed by atoms with E-state index in [1.165, 1.54) is 12.8 Å². The van der Waals surface area contributed by atoms with Gasteiger partial charge < -0.3 is 4.74 Å². The highest BCUT2D eigenvalue weighted by Gasteiger charge is 2.35. The van der Waals surface area contributed by atoms with Gasteiger partial charge in [0.15, 0.2) is 0 Å². The lowest BCUT2D eigenvalue weighted by Gasteiger charge is -2.40. The summed E-state index contributed by atoms with van der Waals surface area (Å²) < 4.78 is 5.16. The van der Waals surface area contributed by atoms with Gasteiger partial charge in [-0.15, -0.1) is 0 Å². The van der Waals surface area contributed by atoms with E-state index in [0.29, 0.717) is 5.41 Å². The lowest BCUT2D eigenvalue weighted by Crippen LogP contribution is -2.42. The Bertz CT molecular complexity index is 83.4. The van der Waals surface area contributed by atoms with Crippen molar-refractivity contribution in [3.05, 3.63) is 0 Å². The van der Waals surface area contributed by atoms with Crippen LogP contribution in [0.4, 0.5) is 0 Å². The highest BCUT2D eigenvalue weighted by molar-refractivity contribution is 9.09. The fraction of sp³-hybridized carbons (Fsp3) is 1.00. The summed E-state index contributed by atoms with van der Waals surface area (Å²) in [4.78, 5) is 0. The highest BCUT2D eigenvalue weighted by atomic mass is 79.9. The van der Waals surface area contributed by atoms with Crippen molar-refractivity contribution < 1.29 is 4.74 Å². The zero-order valence-electron chi connectivity index (χ0n) is 5.82. The minimum absolute atomic E-state index is 0.545. The van der Waals surface area contributed by atoms with E-state index >= 15 is 0 Å². The van der Waals surface area contributed by atoms with Crippen LogP contribution in [0.5, 0.6) is 0 Å². The summed E-state index contributed by atoms with van der Waals surface area (Å²) in [6.45, 7) is 4.20. The number of halogens is 1. The number of rotatable bonds is 3. The zero-order valence-corrected chi connectivity index (χ0v) is 7.41. The molecule has 0 atom stereocenters. The summed E-state index contributed by atoms with van der Waals surface area (Å²) in [5.41, 5.74) is 0.545. The first-order valence-corrected chi connectivity index (χ1v) is 4.59. The van der Waals surface area contributed by atoms with E-state index in [9.17, 15) is 0 Å². The van der Waals surface area contributed by atoms with E-state index in [-0.39, 0.29) is 0 Å². The van der Waals surface area contributed by atoms with Crippen molar-refractivity contribution in [2.75, 3.05) is 18.5 Å². The van der Waals surface area contributed by atoms with Crippen molar-refractivity contribution in [2.24, 2.45) is 5.41 Å². The van der Waals surface area contributed by atoms with E-state index < -0.39 is 0 Å². The third-order valence-corrected chi connectivity index (χ3v) is 2.59. The molecule has 0 radical (unpaired) electrons. The molecule has 1 aliphatic heterocycles. The largest absolute Gasteiger partial charge is 0.380 e. The summed E-state index contributed by atoms with van der Waals surface area (Å²) in [7, 11) is 0. The molecule has 0 saturated carbocycles. The second kappa shape index (κ2) is 3.02. The minimum Gasteiger partial charge on any atom is -0.380 e. The molecule has 1 heterocycles. The molecule has 9 heavy (non-hydrogen) atoms. The average Bonchev–Trinajstić information content (AvgIpc) is 1.79. The number of hydrogen-bond acceptors (Lipinski definition) is 1. The van der Waals surface area contributed by atoms with Gasteiger partial charge in [-0.3, -0.25) is 0 Å². The maximum atomic E-state index is 5.16. The topological polar surface area (TPSA) is 9.23 Å². The molecule has 0 unspecified atom stereocenters. The molecule has 1 saturated heterocycles. The van der Waals surface area contributed by atoms with Gasteiger partial charge in [-0.2, -0.15) is 0 Å². The molecule has 54 valence electrons. The van der Waals surface area contributed by atoms with E-state index in [4.69, 9.17) is 4.74 Å². The van der Waals surface area contributed by atoms with Gasteiger partial charge in [-0.1, -0.05) is 22.9 Å². The molecule has 1 rings (SSSR count). The second-order valence-electron chi connectivity index (χ2n) is 2.79. The molecule has 0 bridgehead atoms. The molecule has 1 nitrogen and oxygen atoms in total. The summed E-state index contributed by atoms with van der Waals surface area (Å²) in [6.07, 6.45) is 2.53. The van der Waals surface area contributed by atoms with Crippen LogP contribution < -0.4 is 0 Å². The molecular formula is C7H13BrO. The number of hydrogen-bond donors (Lipinski definition) is 0. The normalized spacial score (nSPS) is 23.3. The van der Waals surface area contributed by atoms with E-state index in [2.05, 4.69) is 22.9 Å². The predicted molar refractivity (Wildman–Crippen MR) is 42.0 cm³/mol. The molecule has 0 aromatic heterocycles. The quantitative estimate of drug-likeness (QED) is 0.624. The molecule has 1 aliphatic rings. The van der Waals surface area contributed by atoms with Crippen LogP contribution in [0.1, 0.15) is 19.8 Å². The highest BCUT2D eigenvalue weighted by Crippen LogP contribution is 2.35. The number of alkyl halides is 1. The van der Waals surface area contributed by atoms with Gasteiger partial charge in [-0.25, -0.2) is 0 Å². The molecule has 0 aliphatic carbocycles. The molecule has 0 amide bonds. The van der Waals surface area contributed by atoms with Gasteiger partial charge in [0.2, 0.25) is 0 Å². The van der Waals surface area contributed by atoms with E-state index in [1.807, 2.05) is 0 Å². The van der Waals surface area contributed by atoms with Crippen molar-refractivity contribution >= 4 is 15.9 Å². The summed E-state index contributed by atoms with van der Waals surface area (Å²) in [5, 5.41) is 1.12. The predicted octanol–water partition coefficient (Wildman–Crippen LogP) is 2.20. The Labute approximate surface area is 64.9 Å². The summed E-state index contributed by atoms with van der Waals surface area (Å²) in [5.74, 6) is 0. The van der Waals surface area contributed by atoms with Crippen LogP contribution in [0.25, 0.3) is 0 Å². The Morgan fingerprint density at radius 2 is 2.22 bits per heavy atom. The lowest BCUT2D eigenvalue weighted by molar-refractivity contribution is -0.115. The van der Waals surface area contributed by atoms with Crippen LogP contribution >= 0.6 is 15.9 Å². The fourth-order valence-electron chi connectivity index (χ4n) is 1.12. The van der Waals surface area contributed by atoms with Crippen LogP contribution in [0.3, 0.4) is 0 Å². The van der Waals surface area contributed by atoms with Gasteiger partial charge in [0.1, 0.15) is 0 Å². The van der Waals surface area contributed by atoms with Gasteiger partial charge in [0, 0.05) is 10.7 Å². The van der Waals surface area contributed by atoms with E-state index in [1.54, 1.807) is 0 Å². The standard InChI is InChI=1S/C7H13BrO/c1-2-7(3-4-8)5-9-6-7/h2-6H2,1H3. The van der Waals surface area contributed by atoms with Crippen molar-refractivity contribution in [2.45, 2.75) is 19.8 Å². The first-order valence-electron chi connectivity index (χ1n) is 3.47. The van der Waals surface area contributed by atoms with Crippen LogP contribution in [0.2, 0.25) is 0 Å². The lowest BCUT2D eigenvalue weighted by atomic mass is 9.81. The zero-order chi connectivity index (χ0) is 6.74. The van der Waals surface area contributed by atoms with Crippen LogP contribution in [-0.4, -0.2) is 18.5 Å². The summed E-state index contributed by atoms with van der Waals surface area (Å²) >= 11 is 3.45. The van der Waals surface area contributed by atoms with Gasteiger partial charge >= 0.3 is 0 Å². The van der Waals surface area contributed by atoms with Crippen LogP contribution in [0.15, 0.2) is 0 Å². The fourth-order valence-corrected chi connectivity index (χ4v) is 1.96. The van der Waals surface area contributed by atoms with Crippen LogP contribution in [0, 0.1) is 5.41 Å². The Hall–Kier alpha value is 0.440. The van der Waals surface area contributed by atoms with Crippen molar-refractivity contribution in [1.29, 1.82) is 0 Å². The maximum absolute atomic E-state index is 5.16. The molecule has 0 N–H and O–H groups in total. The number of ether oxygens (including phenoxy) is 1. The Kier molecular flexibility index (Phi) is 2.53.